The molecule has 1 aromatic carbocycles. The molecule has 0 saturated heterocycles. The monoisotopic (exact) mass is 289 g/mol. The van der Waals surface area contributed by atoms with Crippen LogP contribution in [0.3, 0.4) is 0 Å². The van der Waals surface area contributed by atoms with Crippen molar-refractivity contribution >= 4 is 17.7 Å². The van der Waals surface area contributed by atoms with Gasteiger partial charge in [0.15, 0.2) is 11.5 Å². The Morgan fingerprint density at radius 2 is 1.86 bits per heavy atom. The van der Waals surface area contributed by atoms with E-state index in [0.717, 1.165) is 0 Å². The van der Waals surface area contributed by atoms with Crippen molar-refractivity contribution < 1.29 is 24.6 Å². The maximum Gasteiger partial charge on any atom is 0.305 e. The van der Waals surface area contributed by atoms with Crippen LogP contribution in [0, 0.1) is 0 Å². The largest absolute Gasteiger partial charge is 0.503 e. The van der Waals surface area contributed by atoms with E-state index in [-0.39, 0.29) is 18.5 Å². The number of hydrogen-bond donors (Lipinski definition) is 2. The highest BCUT2D eigenvalue weighted by atomic mass is 16.4. The van der Waals surface area contributed by atoms with E-state index in [4.69, 9.17) is 5.11 Å². The summed E-state index contributed by atoms with van der Waals surface area (Å²) in [7, 11) is 0. The van der Waals surface area contributed by atoms with Gasteiger partial charge in [0.1, 0.15) is 0 Å². The normalized spacial score (nSPS) is 18.2. The zero-order valence-electron chi connectivity index (χ0n) is 11.4. The second kappa shape index (κ2) is 5.78. The van der Waals surface area contributed by atoms with Crippen LogP contribution < -0.4 is 0 Å². The van der Waals surface area contributed by atoms with Crippen LogP contribution in [0.15, 0.2) is 41.7 Å². The summed E-state index contributed by atoms with van der Waals surface area (Å²) in [5.74, 6) is -2.77. The zero-order valence-corrected chi connectivity index (χ0v) is 11.4. The van der Waals surface area contributed by atoms with E-state index in [1.165, 1.54) is 11.8 Å². The Labute approximate surface area is 121 Å². The number of ketones is 1. The average molecular weight is 289 g/mol. The lowest BCUT2D eigenvalue weighted by atomic mass is 9.97. The molecule has 1 heterocycles. The van der Waals surface area contributed by atoms with Crippen LogP contribution in [-0.4, -0.2) is 39.3 Å². The molecule has 1 aliphatic rings. The third-order valence-corrected chi connectivity index (χ3v) is 3.36. The Balaban J connectivity index is 2.43. The molecule has 2 rings (SSSR count). The molecule has 0 radical (unpaired) electrons. The van der Waals surface area contributed by atoms with Crippen molar-refractivity contribution in [2.45, 2.75) is 19.4 Å². The summed E-state index contributed by atoms with van der Waals surface area (Å²) >= 11 is 0. The molecule has 0 saturated carbocycles. The van der Waals surface area contributed by atoms with Gasteiger partial charge in [0.2, 0.25) is 0 Å². The van der Waals surface area contributed by atoms with Crippen molar-refractivity contribution in [2.75, 3.05) is 6.54 Å². The SMILES string of the molecule is CC(=O)C1=C(O)C(=O)N(CCC(=O)O)C1c1ccccc1. The standard InChI is InChI=1S/C15H15NO5/c1-9(17)12-13(10-5-3-2-4-6-10)16(8-7-11(18)19)15(21)14(12)20/h2-6,13,20H,7-8H2,1H3,(H,18,19). The molecule has 0 aromatic heterocycles. The lowest BCUT2D eigenvalue weighted by Gasteiger charge is -2.25. The van der Waals surface area contributed by atoms with Crippen molar-refractivity contribution in [3.63, 3.8) is 0 Å². The first-order chi connectivity index (χ1) is 9.93. The fraction of sp³-hybridized carbons (Fsp3) is 0.267. The van der Waals surface area contributed by atoms with Gasteiger partial charge in [-0.15, -0.1) is 0 Å². The van der Waals surface area contributed by atoms with Crippen LogP contribution in [0.5, 0.6) is 0 Å². The zero-order chi connectivity index (χ0) is 15.6. The molecule has 6 heteroatoms. The van der Waals surface area contributed by atoms with Gasteiger partial charge in [0, 0.05) is 6.54 Å². The molecule has 0 aliphatic carbocycles. The number of amides is 1. The maximum atomic E-state index is 12.1. The molecule has 6 nitrogen and oxygen atoms in total. The average Bonchev–Trinajstić information content (AvgIpc) is 2.70. The van der Waals surface area contributed by atoms with Gasteiger partial charge in [-0.05, 0) is 12.5 Å². The van der Waals surface area contributed by atoms with Crippen molar-refractivity contribution in [1.29, 1.82) is 0 Å². The Morgan fingerprint density at radius 3 is 2.38 bits per heavy atom. The number of Topliss-reactive ketones (excluding diaryl/α,β-unsaturated/α-hetero) is 1. The van der Waals surface area contributed by atoms with E-state index in [9.17, 15) is 19.5 Å². The number of carbonyl (C=O) groups excluding carboxylic acids is 2. The molecule has 1 atom stereocenters. The summed E-state index contributed by atoms with van der Waals surface area (Å²) in [5.41, 5.74) is 0.669. The Hall–Kier alpha value is -2.63. The molecule has 0 bridgehead atoms. The number of nitrogens with zero attached hydrogens (tertiary/aromatic N) is 1. The minimum Gasteiger partial charge on any atom is -0.503 e. The molecule has 0 spiro atoms. The summed E-state index contributed by atoms with van der Waals surface area (Å²) in [6.07, 6.45) is -0.256. The number of hydrogen-bond acceptors (Lipinski definition) is 4. The van der Waals surface area contributed by atoms with E-state index in [1.807, 2.05) is 0 Å². The van der Waals surface area contributed by atoms with E-state index in [1.54, 1.807) is 30.3 Å². The van der Waals surface area contributed by atoms with Crippen LogP contribution in [0.4, 0.5) is 0 Å². The number of benzene rings is 1. The molecular weight excluding hydrogens is 274 g/mol. The Morgan fingerprint density at radius 1 is 1.24 bits per heavy atom. The highest BCUT2D eigenvalue weighted by Gasteiger charge is 2.42. The number of carbonyl (C=O) groups is 3. The minimum atomic E-state index is -1.05. The van der Waals surface area contributed by atoms with E-state index in [0.29, 0.717) is 5.56 Å². The predicted molar refractivity (Wildman–Crippen MR) is 73.5 cm³/mol. The van der Waals surface area contributed by atoms with Crippen LogP contribution in [0.2, 0.25) is 0 Å². The van der Waals surface area contributed by atoms with E-state index < -0.39 is 29.5 Å². The summed E-state index contributed by atoms with van der Waals surface area (Å²) in [6, 6.07) is 8.01. The minimum absolute atomic E-state index is 0.0107. The fourth-order valence-electron chi connectivity index (χ4n) is 2.44. The number of carboxylic acid groups (broad SMARTS) is 1. The number of aliphatic hydroxyl groups is 1. The first kappa shape index (κ1) is 14.8. The lowest BCUT2D eigenvalue weighted by Crippen LogP contribution is -2.33. The molecule has 0 fully saturated rings. The van der Waals surface area contributed by atoms with Gasteiger partial charge in [-0.25, -0.2) is 0 Å². The van der Waals surface area contributed by atoms with Crippen LogP contribution in [-0.2, 0) is 14.4 Å². The summed E-state index contributed by atoms with van der Waals surface area (Å²) in [5, 5.41) is 18.7. The maximum absolute atomic E-state index is 12.1. The Bertz CT molecular complexity index is 620. The van der Waals surface area contributed by atoms with Crippen LogP contribution >= 0.6 is 0 Å². The van der Waals surface area contributed by atoms with Crippen molar-refractivity contribution in [2.24, 2.45) is 0 Å². The van der Waals surface area contributed by atoms with Gasteiger partial charge in [-0.3, -0.25) is 14.4 Å². The molecule has 1 unspecified atom stereocenters. The second-order valence-electron chi connectivity index (χ2n) is 4.77. The highest BCUT2D eigenvalue weighted by Crippen LogP contribution is 2.37. The van der Waals surface area contributed by atoms with Gasteiger partial charge >= 0.3 is 5.97 Å². The number of carboxylic acids is 1. The predicted octanol–water partition coefficient (Wildman–Crippen LogP) is 1.45. The van der Waals surface area contributed by atoms with Crippen LogP contribution in [0.1, 0.15) is 24.9 Å². The fourth-order valence-corrected chi connectivity index (χ4v) is 2.44. The quantitative estimate of drug-likeness (QED) is 0.855. The number of aliphatic carboxylic acids is 1. The second-order valence-corrected chi connectivity index (χ2v) is 4.77. The van der Waals surface area contributed by atoms with E-state index >= 15 is 0 Å². The molecule has 21 heavy (non-hydrogen) atoms. The van der Waals surface area contributed by atoms with Gasteiger partial charge in [-0.1, -0.05) is 30.3 Å². The van der Waals surface area contributed by atoms with Gasteiger partial charge in [-0.2, -0.15) is 0 Å². The number of rotatable bonds is 5. The van der Waals surface area contributed by atoms with Gasteiger partial charge in [0.05, 0.1) is 18.0 Å². The third kappa shape index (κ3) is 2.79. The van der Waals surface area contributed by atoms with Crippen LogP contribution in [0.25, 0.3) is 0 Å². The van der Waals surface area contributed by atoms with Gasteiger partial charge < -0.3 is 15.1 Å². The van der Waals surface area contributed by atoms with Gasteiger partial charge in [0.25, 0.3) is 5.91 Å². The van der Waals surface area contributed by atoms with Crippen molar-refractivity contribution in [3.05, 3.63) is 47.2 Å². The third-order valence-electron chi connectivity index (χ3n) is 3.36. The molecule has 2 N–H and O–H groups in total. The molecule has 1 amide bonds. The molecule has 110 valence electrons. The summed E-state index contributed by atoms with van der Waals surface area (Å²) in [6.45, 7) is 1.20. The smallest absolute Gasteiger partial charge is 0.305 e. The van der Waals surface area contributed by atoms with Crippen molar-refractivity contribution in [3.8, 4) is 0 Å². The first-order valence-corrected chi connectivity index (χ1v) is 6.45. The first-order valence-electron chi connectivity index (χ1n) is 6.45. The Kier molecular flexibility index (Phi) is 4.07. The summed E-state index contributed by atoms with van der Waals surface area (Å²) < 4.78 is 0. The van der Waals surface area contributed by atoms with E-state index in [2.05, 4.69) is 0 Å². The lowest BCUT2D eigenvalue weighted by molar-refractivity contribution is -0.138. The molecule has 1 aromatic rings. The summed E-state index contributed by atoms with van der Waals surface area (Å²) in [4.78, 5) is 35.8. The van der Waals surface area contributed by atoms with Crippen molar-refractivity contribution in [1.82, 2.24) is 4.90 Å². The topological polar surface area (TPSA) is 94.9 Å². The number of aliphatic hydroxyl groups excluding tert-OH is 1. The molecule has 1 aliphatic heterocycles. The molecular formula is C15H15NO5. The highest BCUT2D eigenvalue weighted by molar-refractivity contribution is 6.08.